The lowest BCUT2D eigenvalue weighted by Gasteiger charge is -2.15. The Bertz CT molecular complexity index is 307. The summed E-state index contributed by atoms with van der Waals surface area (Å²) < 4.78 is 0. The lowest BCUT2D eigenvalue weighted by atomic mass is 10.3. The Hall–Kier alpha value is -0.870. The van der Waals surface area contributed by atoms with Gasteiger partial charge in [0.2, 0.25) is 5.28 Å². The Labute approximate surface area is 81.2 Å². The summed E-state index contributed by atoms with van der Waals surface area (Å²) in [5, 5.41) is 9.56. The normalized spacial score (nSPS) is 22.3. The second-order valence-electron chi connectivity index (χ2n) is 3.07. The van der Waals surface area contributed by atoms with Gasteiger partial charge in [0.25, 0.3) is 0 Å². The van der Waals surface area contributed by atoms with Gasteiger partial charge in [-0.3, -0.25) is 0 Å². The number of hydrogen-bond donors (Lipinski definition) is 1. The molecule has 0 saturated carbocycles. The largest absolute Gasteiger partial charge is 0.391 e. The first-order valence-electron chi connectivity index (χ1n) is 4.17. The fourth-order valence-corrected chi connectivity index (χ4v) is 1.60. The summed E-state index contributed by atoms with van der Waals surface area (Å²) in [6.45, 7) is 1.46. The summed E-state index contributed by atoms with van der Waals surface area (Å²) in [5.74, 6) is 0.788. The van der Waals surface area contributed by atoms with Crippen LogP contribution in [0.3, 0.4) is 0 Å². The number of hydrogen-bond acceptors (Lipinski definition) is 4. The van der Waals surface area contributed by atoms with Gasteiger partial charge in [-0.1, -0.05) is 0 Å². The van der Waals surface area contributed by atoms with E-state index < -0.39 is 0 Å². The molecule has 2 rings (SSSR count). The van der Waals surface area contributed by atoms with Gasteiger partial charge in [0.15, 0.2) is 0 Å². The van der Waals surface area contributed by atoms with Gasteiger partial charge < -0.3 is 10.0 Å². The van der Waals surface area contributed by atoms with Crippen molar-refractivity contribution >= 4 is 17.4 Å². The van der Waals surface area contributed by atoms with Crippen molar-refractivity contribution in [2.45, 2.75) is 12.5 Å². The molecule has 1 aliphatic rings. The third-order valence-corrected chi connectivity index (χ3v) is 2.28. The molecule has 1 atom stereocenters. The zero-order valence-electron chi connectivity index (χ0n) is 7.02. The molecule has 0 spiro atoms. The number of aliphatic hydroxyl groups is 1. The van der Waals surface area contributed by atoms with E-state index in [2.05, 4.69) is 9.97 Å². The van der Waals surface area contributed by atoms with Crippen molar-refractivity contribution in [1.82, 2.24) is 9.97 Å². The Kier molecular flexibility index (Phi) is 2.33. The van der Waals surface area contributed by atoms with E-state index >= 15 is 0 Å². The van der Waals surface area contributed by atoms with Crippen LogP contribution in [0, 0.1) is 0 Å². The molecule has 5 heteroatoms. The second-order valence-corrected chi connectivity index (χ2v) is 3.41. The highest BCUT2D eigenvalue weighted by molar-refractivity contribution is 6.28. The molecule has 1 N–H and O–H groups in total. The summed E-state index contributed by atoms with van der Waals surface area (Å²) in [6.07, 6.45) is 2.17. The van der Waals surface area contributed by atoms with Crippen LogP contribution in [0.25, 0.3) is 0 Å². The van der Waals surface area contributed by atoms with Gasteiger partial charge in [-0.25, -0.2) is 9.97 Å². The maximum absolute atomic E-state index is 9.31. The summed E-state index contributed by atoms with van der Waals surface area (Å²) in [6, 6.07) is 1.80. The topological polar surface area (TPSA) is 49.2 Å². The predicted octanol–water partition coefficient (Wildman–Crippen LogP) is 0.701. The van der Waals surface area contributed by atoms with Crippen LogP contribution in [0.2, 0.25) is 5.28 Å². The molecule has 0 bridgehead atoms. The smallest absolute Gasteiger partial charge is 0.224 e. The van der Waals surface area contributed by atoms with Crippen molar-refractivity contribution in [3.8, 4) is 0 Å². The standard InChI is InChI=1S/C8H10ClN3O/c9-8-10-3-1-7(11-8)12-4-2-6(13)5-12/h1,3,6,13H,2,4-5H2/t6-/m1/s1. The van der Waals surface area contributed by atoms with Crippen LogP contribution in [0.1, 0.15) is 6.42 Å². The van der Waals surface area contributed by atoms with Crippen LogP contribution in [0.5, 0.6) is 0 Å². The van der Waals surface area contributed by atoms with Crippen molar-refractivity contribution in [3.63, 3.8) is 0 Å². The number of anilines is 1. The van der Waals surface area contributed by atoms with Crippen LogP contribution < -0.4 is 4.90 Å². The fourth-order valence-electron chi connectivity index (χ4n) is 1.45. The lowest BCUT2D eigenvalue weighted by Crippen LogP contribution is -2.22. The Morgan fingerprint density at radius 3 is 3.08 bits per heavy atom. The van der Waals surface area contributed by atoms with Gasteiger partial charge in [-0.15, -0.1) is 0 Å². The van der Waals surface area contributed by atoms with Gasteiger partial charge in [0.1, 0.15) is 5.82 Å². The number of nitrogens with zero attached hydrogens (tertiary/aromatic N) is 3. The van der Waals surface area contributed by atoms with E-state index in [1.165, 1.54) is 0 Å². The predicted molar refractivity (Wildman–Crippen MR) is 49.9 cm³/mol. The van der Waals surface area contributed by atoms with E-state index in [4.69, 9.17) is 11.6 Å². The van der Waals surface area contributed by atoms with E-state index in [9.17, 15) is 5.11 Å². The van der Waals surface area contributed by atoms with Gasteiger partial charge in [0.05, 0.1) is 6.10 Å². The summed E-state index contributed by atoms with van der Waals surface area (Å²) in [5.41, 5.74) is 0. The zero-order valence-corrected chi connectivity index (χ0v) is 7.78. The molecule has 13 heavy (non-hydrogen) atoms. The van der Waals surface area contributed by atoms with Crippen molar-refractivity contribution in [1.29, 1.82) is 0 Å². The molecule has 1 saturated heterocycles. The van der Waals surface area contributed by atoms with E-state index in [-0.39, 0.29) is 11.4 Å². The van der Waals surface area contributed by atoms with Gasteiger partial charge in [-0.05, 0) is 24.1 Å². The third-order valence-electron chi connectivity index (χ3n) is 2.10. The number of aromatic nitrogens is 2. The average Bonchev–Trinajstić information content (AvgIpc) is 2.52. The molecule has 2 heterocycles. The Morgan fingerprint density at radius 1 is 1.62 bits per heavy atom. The lowest BCUT2D eigenvalue weighted by molar-refractivity contribution is 0.198. The molecule has 70 valence electrons. The molecule has 0 aromatic carbocycles. The maximum atomic E-state index is 9.31. The third kappa shape index (κ3) is 1.89. The molecule has 0 aliphatic carbocycles. The van der Waals surface area contributed by atoms with Gasteiger partial charge in [-0.2, -0.15) is 0 Å². The first kappa shape index (κ1) is 8.72. The monoisotopic (exact) mass is 199 g/mol. The van der Waals surface area contributed by atoms with E-state index in [0.29, 0.717) is 6.54 Å². The number of aliphatic hydroxyl groups excluding tert-OH is 1. The van der Waals surface area contributed by atoms with Crippen LogP contribution in [0.15, 0.2) is 12.3 Å². The quantitative estimate of drug-likeness (QED) is 0.677. The minimum atomic E-state index is -0.242. The molecule has 1 fully saturated rings. The van der Waals surface area contributed by atoms with Crippen molar-refractivity contribution in [2.75, 3.05) is 18.0 Å². The van der Waals surface area contributed by atoms with Crippen LogP contribution >= 0.6 is 11.6 Å². The second kappa shape index (κ2) is 3.47. The number of rotatable bonds is 1. The zero-order chi connectivity index (χ0) is 9.26. The molecule has 1 aromatic heterocycles. The van der Waals surface area contributed by atoms with Crippen LogP contribution in [-0.4, -0.2) is 34.3 Å². The SMILES string of the molecule is O[C@@H]1CCN(c2ccnc(Cl)n2)C1. The van der Waals surface area contributed by atoms with Crippen LogP contribution in [0.4, 0.5) is 5.82 Å². The van der Waals surface area contributed by atoms with Gasteiger partial charge in [0, 0.05) is 19.3 Å². The van der Waals surface area contributed by atoms with Crippen LogP contribution in [-0.2, 0) is 0 Å². The summed E-state index contributed by atoms with van der Waals surface area (Å²) in [7, 11) is 0. The molecule has 4 nitrogen and oxygen atoms in total. The molecule has 0 radical (unpaired) electrons. The Morgan fingerprint density at radius 2 is 2.46 bits per heavy atom. The van der Waals surface area contributed by atoms with Crippen molar-refractivity contribution in [2.24, 2.45) is 0 Å². The summed E-state index contributed by atoms with van der Waals surface area (Å²) >= 11 is 5.65. The van der Waals surface area contributed by atoms with Gasteiger partial charge >= 0.3 is 0 Å². The highest BCUT2D eigenvalue weighted by atomic mass is 35.5. The van der Waals surface area contributed by atoms with Crippen molar-refractivity contribution < 1.29 is 5.11 Å². The molecule has 1 aromatic rings. The molecule has 1 aliphatic heterocycles. The van der Waals surface area contributed by atoms with Crippen molar-refractivity contribution in [3.05, 3.63) is 17.5 Å². The molecular weight excluding hydrogens is 190 g/mol. The molecule has 0 amide bonds. The van der Waals surface area contributed by atoms with E-state index in [1.54, 1.807) is 12.3 Å². The highest BCUT2D eigenvalue weighted by Crippen LogP contribution is 2.18. The van der Waals surface area contributed by atoms with E-state index in [0.717, 1.165) is 18.8 Å². The fraction of sp³-hybridized carbons (Fsp3) is 0.500. The first-order valence-corrected chi connectivity index (χ1v) is 4.55. The minimum Gasteiger partial charge on any atom is -0.391 e. The molecule has 0 unspecified atom stereocenters. The number of halogens is 1. The highest BCUT2D eigenvalue weighted by Gasteiger charge is 2.21. The number of β-amino-alcohol motifs (C(OH)–C–C–N with tert-alkyl or cyclic N) is 1. The average molecular weight is 200 g/mol. The first-order chi connectivity index (χ1) is 6.25. The molecular formula is C8H10ClN3O. The summed E-state index contributed by atoms with van der Waals surface area (Å²) in [4.78, 5) is 9.85. The Balaban J connectivity index is 2.16. The minimum absolute atomic E-state index is 0.242. The maximum Gasteiger partial charge on any atom is 0.224 e. The van der Waals surface area contributed by atoms with E-state index in [1.807, 2.05) is 4.90 Å².